The van der Waals surface area contributed by atoms with Gasteiger partial charge < -0.3 is 16.0 Å². The predicted molar refractivity (Wildman–Crippen MR) is 92.9 cm³/mol. The largest absolute Gasteiger partial charge is 0.348 e. The molecule has 0 bridgehead atoms. The van der Waals surface area contributed by atoms with E-state index < -0.39 is 0 Å². The first-order valence-corrected chi connectivity index (χ1v) is 8.06. The Labute approximate surface area is 143 Å². The molecule has 1 aromatic rings. The van der Waals surface area contributed by atoms with Crippen LogP contribution in [0, 0.1) is 11.8 Å². The zero-order valence-electron chi connectivity index (χ0n) is 13.3. The van der Waals surface area contributed by atoms with Crippen LogP contribution in [-0.4, -0.2) is 30.9 Å². The highest BCUT2D eigenvalue weighted by Crippen LogP contribution is 2.30. The van der Waals surface area contributed by atoms with E-state index in [0.717, 1.165) is 38.0 Å². The minimum absolute atomic E-state index is 0. The van der Waals surface area contributed by atoms with Crippen molar-refractivity contribution < 1.29 is 9.59 Å². The molecule has 2 fully saturated rings. The number of hydrogen-bond donors (Lipinski definition) is 3. The molecule has 2 amide bonds. The molecule has 1 saturated carbocycles. The SMILES string of the molecule is CC1CCNCC1NC(=O)c1ccc(NC(=O)C2CC2)cc1.Cl. The third-order valence-corrected chi connectivity index (χ3v) is 4.51. The second kappa shape index (κ2) is 7.79. The van der Waals surface area contributed by atoms with Crippen molar-refractivity contribution in [1.29, 1.82) is 0 Å². The summed E-state index contributed by atoms with van der Waals surface area (Å²) in [4.78, 5) is 24.0. The number of hydrogen-bond acceptors (Lipinski definition) is 3. The van der Waals surface area contributed by atoms with Crippen LogP contribution in [0.15, 0.2) is 24.3 Å². The number of benzene rings is 1. The molecule has 1 heterocycles. The molecule has 126 valence electrons. The van der Waals surface area contributed by atoms with Crippen molar-refractivity contribution in [2.75, 3.05) is 18.4 Å². The summed E-state index contributed by atoms with van der Waals surface area (Å²) >= 11 is 0. The molecule has 1 aromatic carbocycles. The van der Waals surface area contributed by atoms with Crippen LogP contribution in [0.2, 0.25) is 0 Å². The summed E-state index contributed by atoms with van der Waals surface area (Å²) in [7, 11) is 0. The highest BCUT2D eigenvalue weighted by atomic mass is 35.5. The van der Waals surface area contributed by atoms with Gasteiger partial charge in [-0.15, -0.1) is 12.4 Å². The van der Waals surface area contributed by atoms with Crippen molar-refractivity contribution in [2.45, 2.75) is 32.2 Å². The summed E-state index contributed by atoms with van der Waals surface area (Å²) < 4.78 is 0. The van der Waals surface area contributed by atoms with Gasteiger partial charge in [0.05, 0.1) is 0 Å². The van der Waals surface area contributed by atoms with E-state index in [-0.39, 0.29) is 36.2 Å². The number of anilines is 1. The van der Waals surface area contributed by atoms with Crippen LogP contribution in [0.25, 0.3) is 0 Å². The van der Waals surface area contributed by atoms with Crippen LogP contribution < -0.4 is 16.0 Å². The Bertz CT molecular complexity index is 557. The molecule has 6 heteroatoms. The quantitative estimate of drug-likeness (QED) is 0.788. The maximum Gasteiger partial charge on any atom is 0.251 e. The van der Waals surface area contributed by atoms with E-state index in [4.69, 9.17) is 0 Å². The van der Waals surface area contributed by atoms with Crippen LogP contribution in [0.1, 0.15) is 36.5 Å². The van der Waals surface area contributed by atoms with Crippen molar-refractivity contribution in [3.63, 3.8) is 0 Å². The van der Waals surface area contributed by atoms with Crippen LogP contribution in [0.3, 0.4) is 0 Å². The molecule has 0 aromatic heterocycles. The van der Waals surface area contributed by atoms with E-state index >= 15 is 0 Å². The van der Waals surface area contributed by atoms with Gasteiger partial charge in [0.15, 0.2) is 0 Å². The van der Waals surface area contributed by atoms with Crippen molar-refractivity contribution in [2.24, 2.45) is 11.8 Å². The Kier molecular flexibility index (Phi) is 6.02. The van der Waals surface area contributed by atoms with Gasteiger partial charge >= 0.3 is 0 Å². The Balaban J connectivity index is 0.00000192. The van der Waals surface area contributed by atoms with E-state index in [9.17, 15) is 9.59 Å². The predicted octanol–water partition coefficient (Wildman–Crippen LogP) is 2.18. The number of nitrogens with one attached hydrogen (secondary N) is 3. The summed E-state index contributed by atoms with van der Waals surface area (Å²) in [6, 6.07) is 7.28. The second-order valence-corrected chi connectivity index (χ2v) is 6.39. The molecule has 2 aliphatic rings. The van der Waals surface area contributed by atoms with Crippen LogP contribution >= 0.6 is 12.4 Å². The zero-order valence-corrected chi connectivity index (χ0v) is 14.1. The third-order valence-electron chi connectivity index (χ3n) is 4.51. The lowest BCUT2D eigenvalue weighted by Crippen LogP contribution is -2.50. The number of rotatable bonds is 4. The van der Waals surface area contributed by atoms with Gasteiger partial charge in [0.25, 0.3) is 5.91 Å². The molecular weight excluding hydrogens is 314 g/mol. The van der Waals surface area contributed by atoms with Crippen LogP contribution in [0.4, 0.5) is 5.69 Å². The molecule has 1 aliphatic heterocycles. The molecule has 0 spiro atoms. The topological polar surface area (TPSA) is 70.2 Å². The number of piperidine rings is 1. The fourth-order valence-electron chi connectivity index (χ4n) is 2.73. The third kappa shape index (κ3) is 4.69. The average Bonchev–Trinajstić information content (AvgIpc) is 3.35. The van der Waals surface area contributed by atoms with Crippen molar-refractivity contribution in [1.82, 2.24) is 10.6 Å². The lowest BCUT2D eigenvalue weighted by Gasteiger charge is -2.30. The van der Waals surface area contributed by atoms with E-state index in [1.165, 1.54) is 0 Å². The number of amides is 2. The molecule has 2 unspecified atom stereocenters. The highest BCUT2D eigenvalue weighted by molar-refractivity contribution is 5.96. The maximum atomic E-state index is 12.3. The zero-order chi connectivity index (χ0) is 15.5. The second-order valence-electron chi connectivity index (χ2n) is 6.39. The minimum Gasteiger partial charge on any atom is -0.348 e. The van der Waals surface area contributed by atoms with Crippen LogP contribution in [0.5, 0.6) is 0 Å². The summed E-state index contributed by atoms with van der Waals surface area (Å²) in [6.07, 6.45) is 3.05. The maximum absolute atomic E-state index is 12.3. The summed E-state index contributed by atoms with van der Waals surface area (Å²) in [5.41, 5.74) is 1.38. The molecule has 3 rings (SSSR count). The lowest BCUT2D eigenvalue weighted by atomic mass is 9.94. The fraction of sp³-hybridized carbons (Fsp3) is 0.529. The van der Waals surface area contributed by atoms with Gasteiger partial charge in [-0.2, -0.15) is 0 Å². The molecule has 1 saturated heterocycles. The van der Waals surface area contributed by atoms with Gasteiger partial charge in [0, 0.05) is 29.8 Å². The van der Waals surface area contributed by atoms with E-state index in [0.29, 0.717) is 11.5 Å². The molecule has 0 radical (unpaired) electrons. The Morgan fingerprint density at radius 1 is 1.13 bits per heavy atom. The van der Waals surface area contributed by atoms with Crippen molar-refractivity contribution in [3.05, 3.63) is 29.8 Å². The fourth-order valence-corrected chi connectivity index (χ4v) is 2.73. The van der Waals surface area contributed by atoms with Gasteiger partial charge in [-0.3, -0.25) is 9.59 Å². The van der Waals surface area contributed by atoms with Gasteiger partial charge in [0.1, 0.15) is 0 Å². The first-order valence-electron chi connectivity index (χ1n) is 8.06. The standard InChI is InChI=1S/C17H23N3O2.ClH/c1-11-8-9-18-10-15(11)20-17(22)13-4-6-14(7-5-13)19-16(21)12-2-3-12;/h4-7,11-12,15,18H,2-3,8-10H2,1H3,(H,19,21)(H,20,22);1H. The van der Waals surface area contributed by atoms with Crippen molar-refractivity contribution in [3.8, 4) is 0 Å². The Hall–Kier alpha value is -1.59. The summed E-state index contributed by atoms with van der Waals surface area (Å²) in [5.74, 6) is 0.700. The lowest BCUT2D eigenvalue weighted by molar-refractivity contribution is -0.117. The summed E-state index contributed by atoms with van der Waals surface area (Å²) in [5, 5.41) is 9.27. The molecular formula is C17H24ClN3O2. The minimum atomic E-state index is -0.0550. The Morgan fingerprint density at radius 2 is 1.83 bits per heavy atom. The normalized spacial score (nSPS) is 23.5. The average molecular weight is 338 g/mol. The first-order chi connectivity index (χ1) is 10.6. The summed E-state index contributed by atoms with van der Waals surface area (Å²) in [6.45, 7) is 4.01. The van der Waals surface area contributed by atoms with Gasteiger partial charge in [-0.1, -0.05) is 6.92 Å². The molecule has 23 heavy (non-hydrogen) atoms. The molecule has 2 atom stereocenters. The van der Waals surface area contributed by atoms with Gasteiger partial charge in [0.2, 0.25) is 5.91 Å². The molecule has 3 N–H and O–H groups in total. The smallest absolute Gasteiger partial charge is 0.251 e. The Morgan fingerprint density at radius 3 is 2.43 bits per heavy atom. The highest BCUT2D eigenvalue weighted by Gasteiger charge is 2.29. The van der Waals surface area contributed by atoms with Crippen molar-refractivity contribution >= 4 is 29.9 Å². The first kappa shape index (κ1) is 17.8. The van der Waals surface area contributed by atoms with Crippen LogP contribution in [-0.2, 0) is 4.79 Å². The number of halogens is 1. The molecule has 1 aliphatic carbocycles. The number of carbonyl (C=O) groups excluding carboxylic acids is 2. The van der Waals surface area contributed by atoms with E-state index in [1.807, 2.05) is 0 Å². The monoisotopic (exact) mass is 337 g/mol. The van der Waals surface area contributed by atoms with E-state index in [1.54, 1.807) is 24.3 Å². The van der Waals surface area contributed by atoms with Gasteiger partial charge in [-0.25, -0.2) is 0 Å². The van der Waals surface area contributed by atoms with Gasteiger partial charge in [-0.05, 0) is 56.0 Å². The van der Waals surface area contributed by atoms with E-state index in [2.05, 4.69) is 22.9 Å². The molecule has 5 nitrogen and oxygen atoms in total. The number of carbonyl (C=O) groups is 2.